The summed E-state index contributed by atoms with van der Waals surface area (Å²) in [5, 5.41) is 5.56. The molecule has 27 heavy (non-hydrogen) atoms. The lowest BCUT2D eigenvalue weighted by molar-refractivity contribution is -0.0180. The predicted octanol–water partition coefficient (Wildman–Crippen LogP) is 2.22. The van der Waals surface area contributed by atoms with Crippen LogP contribution in [0.25, 0.3) is 0 Å². The summed E-state index contributed by atoms with van der Waals surface area (Å²) in [6, 6.07) is 7.01. The lowest BCUT2D eigenvalue weighted by Crippen LogP contribution is -2.16. The average Bonchev–Trinajstić information content (AvgIpc) is 2.64. The Morgan fingerprint density at radius 3 is 2.78 bits per heavy atom. The summed E-state index contributed by atoms with van der Waals surface area (Å²) in [5.74, 6) is -0.0768. The van der Waals surface area contributed by atoms with Gasteiger partial charge in [0.25, 0.3) is 0 Å². The number of methoxy groups -OCH3 is 1. The molecule has 2 aromatic rings. The third-order valence-corrected chi connectivity index (χ3v) is 4.96. The molecule has 2 N–H and O–H groups in total. The summed E-state index contributed by atoms with van der Waals surface area (Å²) in [4.78, 5) is 12.3. The van der Waals surface area contributed by atoms with Crippen LogP contribution in [0.2, 0.25) is 5.02 Å². The van der Waals surface area contributed by atoms with Gasteiger partial charge in [0.05, 0.1) is 18.6 Å². The van der Waals surface area contributed by atoms with Gasteiger partial charge >= 0.3 is 5.97 Å². The number of carbonyl (C=O) groups excluding carboxylic acids is 1. The highest BCUT2D eigenvalue weighted by Crippen LogP contribution is 2.32. The molecule has 10 heteroatoms. The molecule has 144 valence electrons. The van der Waals surface area contributed by atoms with Crippen LogP contribution < -0.4 is 14.6 Å². The van der Waals surface area contributed by atoms with E-state index >= 15 is 0 Å². The first-order valence-corrected chi connectivity index (χ1v) is 9.62. The quantitative estimate of drug-likeness (QED) is 0.747. The van der Waals surface area contributed by atoms with Crippen molar-refractivity contribution < 1.29 is 32.2 Å². The van der Waals surface area contributed by atoms with E-state index in [1.165, 1.54) is 19.2 Å². The zero-order valence-electron chi connectivity index (χ0n) is 14.2. The maximum Gasteiger partial charge on any atom is 0.342 e. The smallest absolute Gasteiger partial charge is 0.342 e. The molecule has 0 aromatic heterocycles. The van der Waals surface area contributed by atoms with Crippen LogP contribution in [0, 0.1) is 0 Å². The van der Waals surface area contributed by atoms with Gasteiger partial charge in [-0.05, 0) is 30.3 Å². The van der Waals surface area contributed by atoms with Gasteiger partial charge in [-0.25, -0.2) is 18.4 Å². The molecule has 0 saturated heterocycles. The molecule has 0 unspecified atom stereocenters. The number of fused-ring (bicyclic) bond motifs is 1. The number of halogens is 1. The van der Waals surface area contributed by atoms with Crippen LogP contribution in [-0.2, 0) is 32.7 Å². The highest BCUT2D eigenvalue weighted by molar-refractivity contribution is 7.89. The van der Waals surface area contributed by atoms with Gasteiger partial charge < -0.3 is 18.9 Å². The summed E-state index contributed by atoms with van der Waals surface area (Å²) in [6.07, 6.45) is 0. The first-order valence-electron chi connectivity index (χ1n) is 7.69. The molecule has 2 aromatic carbocycles. The highest BCUT2D eigenvalue weighted by Gasteiger charge is 2.21. The molecular weight excluding hydrogens is 398 g/mol. The summed E-state index contributed by atoms with van der Waals surface area (Å²) in [6.45, 7) is 0.283. The number of primary sulfonamides is 1. The maximum absolute atomic E-state index is 12.5. The zero-order chi connectivity index (χ0) is 19.6. The first kappa shape index (κ1) is 19.4. The minimum Gasteiger partial charge on any atom is -0.496 e. The van der Waals surface area contributed by atoms with E-state index in [4.69, 9.17) is 35.7 Å². The van der Waals surface area contributed by atoms with Crippen LogP contribution >= 0.6 is 11.6 Å². The fraction of sp³-hybridized carbons (Fsp3) is 0.235. The van der Waals surface area contributed by atoms with Crippen LogP contribution in [0.5, 0.6) is 11.5 Å². The topological polar surface area (TPSA) is 114 Å². The first-order chi connectivity index (χ1) is 12.8. The van der Waals surface area contributed by atoms with Crippen LogP contribution in [0.1, 0.15) is 21.5 Å². The highest BCUT2D eigenvalue weighted by atomic mass is 35.5. The number of carbonyl (C=O) groups is 1. The zero-order valence-corrected chi connectivity index (χ0v) is 15.8. The number of hydrogen-bond acceptors (Lipinski definition) is 7. The van der Waals surface area contributed by atoms with Crippen molar-refractivity contribution in [1.29, 1.82) is 0 Å². The molecule has 1 aliphatic rings. The number of rotatable bonds is 5. The van der Waals surface area contributed by atoms with Gasteiger partial charge in [-0.2, -0.15) is 0 Å². The van der Waals surface area contributed by atoms with Crippen molar-refractivity contribution in [2.45, 2.75) is 18.1 Å². The fourth-order valence-electron chi connectivity index (χ4n) is 2.61. The third-order valence-electron chi connectivity index (χ3n) is 3.83. The van der Waals surface area contributed by atoms with E-state index in [1.807, 2.05) is 0 Å². The Morgan fingerprint density at radius 1 is 1.30 bits per heavy atom. The van der Waals surface area contributed by atoms with Gasteiger partial charge in [-0.15, -0.1) is 0 Å². The molecule has 1 aliphatic heterocycles. The molecule has 0 spiro atoms. The summed E-state index contributed by atoms with van der Waals surface area (Å²) in [5.41, 5.74) is 1.24. The Balaban J connectivity index is 1.86. The number of hydrogen-bond donors (Lipinski definition) is 1. The van der Waals surface area contributed by atoms with Crippen LogP contribution in [0.4, 0.5) is 0 Å². The SMILES string of the molecule is COc1ccc(S(N)(=O)=O)cc1C(=O)OCc1cc(Cl)cc2c1OCOC2. The molecule has 0 aliphatic carbocycles. The van der Waals surface area contributed by atoms with Crippen molar-refractivity contribution in [3.63, 3.8) is 0 Å². The second-order valence-electron chi connectivity index (χ2n) is 5.65. The van der Waals surface area contributed by atoms with Crippen molar-refractivity contribution in [1.82, 2.24) is 0 Å². The molecular formula is C17H16ClNO7S. The molecule has 0 bridgehead atoms. The van der Waals surface area contributed by atoms with Crippen molar-refractivity contribution in [3.05, 3.63) is 52.0 Å². The Hall–Kier alpha value is -2.33. The van der Waals surface area contributed by atoms with E-state index < -0.39 is 16.0 Å². The lowest BCUT2D eigenvalue weighted by Gasteiger charge is -2.21. The maximum atomic E-state index is 12.5. The third kappa shape index (κ3) is 4.33. The largest absolute Gasteiger partial charge is 0.496 e. The van der Waals surface area contributed by atoms with Gasteiger partial charge in [0.15, 0.2) is 6.79 Å². The number of ether oxygens (including phenoxy) is 4. The summed E-state index contributed by atoms with van der Waals surface area (Å²) >= 11 is 6.08. The second-order valence-corrected chi connectivity index (χ2v) is 7.64. The molecule has 0 saturated carbocycles. The van der Waals surface area contributed by atoms with Gasteiger partial charge in [0.2, 0.25) is 10.0 Å². The Morgan fingerprint density at radius 2 is 2.07 bits per heavy atom. The Bertz CT molecular complexity index is 991. The Labute approximate surface area is 160 Å². The van der Waals surface area contributed by atoms with Gasteiger partial charge in [0, 0.05) is 16.1 Å². The molecule has 0 radical (unpaired) electrons. The van der Waals surface area contributed by atoms with Gasteiger partial charge in [-0.1, -0.05) is 11.6 Å². The van der Waals surface area contributed by atoms with E-state index in [0.29, 0.717) is 22.9 Å². The van der Waals surface area contributed by atoms with Crippen LogP contribution in [0.15, 0.2) is 35.2 Å². The number of sulfonamides is 1. The lowest BCUT2D eigenvalue weighted by atomic mass is 10.1. The summed E-state index contributed by atoms with van der Waals surface area (Å²) < 4.78 is 44.1. The normalized spacial score (nSPS) is 13.4. The predicted molar refractivity (Wildman–Crippen MR) is 95.2 cm³/mol. The molecule has 3 rings (SSSR count). The van der Waals surface area contributed by atoms with E-state index in [2.05, 4.69) is 0 Å². The van der Waals surface area contributed by atoms with Crippen LogP contribution in [-0.4, -0.2) is 28.3 Å². The van der Waals surface area contributed by atoms with Crippen molar-refractivity contribution >= 4 is 27.6 Å². The van der Waals surface area contributed by atoms with Crippen LogP contribution in [0.3, 0.4) is 0 Å². The minimum atomic E-state index is -3.98. The molecule has 0 atom stereocenters. The van der Waals surface area contributed by atoms with E-state index in [1.54, 1.807) is 12.1 Å². The van der Waals surface area contributed by atoms with Gasteiger partial charge in [-0.3, -0.25) is 0 Å². The van der Waals surface area contributed by atoms with Crippen molar-refractivity contribution in [2.24, 2.45) is 5.14 Å². The monoisotopic (exact) mass is 413 g/mol. The van der Waals surface area contributed by atoms with E-state index in [-0.39, 0.29) is 29.6 Å². The molecule has 8 nitrogen and oxygen atoms in total. The van der Waals surface area contributed by atoms with E-state index in [9.17, 15) is 13.2 Å². The van der Waals surface area contributed by atoms with E-state index in [0.717, 1.165) is 11.6 Å². The molecule has 0 amide bonds. The van der Waals surface area contributed by atoms with Crippen molar-refractivity contribution in [2.75, 3.05) is 13.9 Å². The number of esters is 1. The fourth-order valence-corrected chi connectivity index (χ4v) is 3.41. The average molecular weight is 414 g/mol. The minimum absolute atomic E-state index is 0.0656. The number of benzene rings is 2. The van der Waals surface area contributed by atoms with Gasteiger partial charge in [0.1, 0.15) is 23.7 Å². The summed E-state index contributed by atoms with van der Waals surface area (Å²) in [7, 11) is -2.63. The second kappa shape index (κ2) is 7.73. The number of nitrogens with two attached hydrogens (primary N) is 1. The van der Waals surface area contributed by atoms with Crippen molar-refractivity contribution in [3.8, 4) is 11.5 Å². The molecule has 1 heterocycles. The molecule has 0 fully saturated rings. The Kier molecular flexibility index (Phi) is 5.56. The standard InChI is InChI=1S/C17H16ClNO7S/c1-23-15-3-2-13(27(19,21)22)6-14(15)17(20)25-8-11-5-12(18)4-10-7-24-9-26-16(10)11/h2-6H,7-9H2,1H3,(H2,19,21,22).